The predicted octanol–water partition coefficient (Wildman–Crippen LogP) is 4.94. The lowest BCUT2D eigenvalue weighted by atomic mass is 10.0. The molecule has 1 saturated heterocycles. The van der Waals surface area contributed by atoms with Gasteiger partial charge < -0.3 is 20.1 Å². The summed E-state index contributed by atoms with van der Waals surface area (Å²) in [4.78, 5) is 42.6. The molecule has 2 aromatic heterocycles. The van der Waals surface area contributed by atoms with Gasteiger partial charge in [0.25, 0.3) is 5.91 Å². The smallest absolute Gasteiger partial charge is 0.484 e. The van der Waals surface area contributed by atoms with Gasteiger partial charge >= 0.3 is 18.1 Å². The molecule has 0 radical (unpaired) electrons. The molecule has 1 aliphatic heterocycles. The molecule has 3 heterocycles. The number of thiazole rings is 1. The monoisotopic (exact) mass is 612 g/mol. The van der Waals surface area contributed by atoms with Crippen molar-refractivity contribution in [2.45, 2.75) is 35.7 Å². The van der Waals surface area contributed by atoms with Crippen molar-refractivity contribution in [3.05, 3.63) is 40.6 Å². The molecule has 0 bridgehead atoms. The number of nitrogens with one attached hydrogen (secondary N) is 1. The third-order valence-electron chi connectivity index (χ3n) is 5.90. The fraction of sp³-hybridized carbons (Fsp3) is 0.320. The number of hydrogen-bond acceptors (Lipinski definition) is 10. The summed E-state index contributed by atoms with van der Waals surface area (Å²) < 4.78 is 48.1. The number of benzene rings is 1. The second kappa shape index (κ2) is 12.4. The first-order valence-electron chi connectivity index (χ1n) is 11.8. The molecule has 15 heteroatoms. The average Bonchev–Trinajstić information content (AvgIpc) is 3.59. The van der Waals surface area contributed by atoms with E-state index in [1.54, 1.807) is 30.0 Å². The summed E-state index contributed by atoms with van der Waals surface area (Å²) in [5.41, 5.74) is 7.94. The van der Waals surface area contributed by atoms with Gasteiger partial charge in [0.2, 0.25) is 0 Å². The highest BCUT2D eigenvalue weighted by atomic mass is 32.2. The summed E-state index contributed by atoms with van der Waals surface area (Å²) in [7, 11) is 0. The van der Waals surface area contributed by atoms with Crippen molar-refractivity contribution in [1.82, 2.24) is 9.88 Å². The number of nitrogen functional groups attached to an aromatic ring is 1. The molecule has 1 aromatic carbocycles. The molecule has 1 amide bonds. The first-order chi connectivity index (χ1) is 19.0. The molecular formula is C25H23F3N4O5S3. The van der Waals surface area contributed by atoms with Gasteiger partial charge in [0.05, 0.1) is 14.8 Å². The largest absolute Gasteiger partial charge is 0.491 e. The van der Waals surface area contributed by atoms with Gasteiger partial charge in [-0.3, -0.25) is 10.2 Å². The minimum Gasteiger partial charge on any atom is -0.484 e. The van der Waals surface area contributed by atoms with Crippen LogP contribution in [0.15, 0.2) is 39.9 Å². The first-order valence-corrected chi connectivity index (χ1v) is 14.7. The zero-order valence-corrected chi connectivity index (χ0v) is 23.4. The van der Waals surface area contributed by atoms with Crippen LogP contribution in [0.3, 0.4) is 0 Å². The van der Waals surface area contributed by atoms with Gasteiger partial charge in [-0.2, -0.15) is 13.2 Å². The highest BCUT2D eigenvalue weighted by Gasteiger charge is 2.44. The number of nitrogens with two attached hydrogens (primary N) is 1. The van der Waals surface area contributed by atoms with Crippen LogP contribution in [0.25, 0.3) is 21.8 Å². The van der Waals surface area contributed by atoms with E-state index in [1.807, 2.05) is 23.8 Å². The van der Waals surface area contributed by atoms with Crippen LogP contribution >= 0.6 is 34.4 Å². The van der Waals surface area contributed by atoms with Crippen LogP contribution in [-0.4, -0.2) is 65.2 Å². The summed E-state index contributed by atoms with van der Waals surface area (Å²) in [6.45, 7) is -0.349. The zero-order chi connectivity index (χ0) is 29.0. The van der Waals surface area contributed by atoms with Crippen molar-refractivity contribution in [2.75, 3.05) is 19.4 Å². The summed E-state index contributed by atoms with van der Waals surface area (Å²) in [5.74, 6) is -4.31. The van der Waals surface area contributed by atoms with E-state index in [9.17, 15) is 27.6 Å². The molecule has 1 aliphatic rings. The van der Waals surface area contributed by atoms with E-state index in [0.29, 0.717) is 29.2 Å². The van der Waals surface area contributed by atoms with Gasteiger partial charge in [0.1, 0.15) is 22.6 Å². The number of rotatable bonds is 8. The Kier molecular flexibility index (Phi) is 9.15. The molecule has 0 saturated carbocycles. The number of carbonyl (C=O) groups excluding carboxylic acids is 3. The molecule has 212 valence electrons. The van der Waals surface area contributed by atoms with Gasteiger partial charge in [-0.05, 0) is 43.7 Å². The molecule has 9 nitrogen and oxygen atoms in total. The maximum atomic E-state index is 12.8. The number of ether oxygens (including phenoxy) is 2. The quantitative estimate of drug-likeness (QED) is 0.120. The SMILES string of the molecule is CSc1sc(C(=N)N)cc1-c1nc(-c2cccc(OCC(=O)N3CCCCC3C(=O)OC(=O)C(F)(F)F)c2)cs1. The summed E-state index contributed by atoms with van der Waals surface area (Å²) in [5, 5.41) is 10.3. The predicted molar refractivity (Wildman–Crippen MR) is 146 cm³/mol. The summed E-state index contributed by atoms with van der Waals surface area (Å²) >= 11 is 4.40. The van der Waals surface area contributed by atoms with Crippen LogP contribution in [0.4, 0.5) is 13.2 Å². The third kappa shape index (κ3) is 6.82. The number of aromatic nitrogens is 1. The number of halogens is 3. The number of esters is 2. The molecule has 1 unspecified atom stereocenters. The van der Waals surface area contributed by atoms with Crippen molar-refractivity contribution in [3.8, 4) is 27.6 Å². The maximum absolute atomic E-state index is 12.8. The number of piperidine rings is 1. The van der Waals surface area contributed by atoms with Crippen molar-refractivity contribution in [2.24, 2.45) is 5.73 Å². The fourth-order valence-electron chi connectivity index (χ4n) is 4.00. The van der Waals surface area contributed by atoms with E-state index in [-0.39, 0.29) is 18.8 Å². The number of carbonyl (C=O) groups is 3. The van der Waals surface area contributed by atoms with Crippen molar-refractivity contribution in [3.63, 3.8) is 0 Å². The van der Waals surface area contributed by atoms with Gasteiger partial charge in [0.15, 0.2) is 6.61 Å². The highest BCUT2D eigenvalue weighted by Crippen LogP contribution is 2.40. The Balaban J connectivity index is 1.43. The zero-order valence-electron chi connectivity index (χ0n) is 20.9. The highest BCUT2D eigenvalue weighted by molar-refractivity contribution is 8.00. The number of hydrogen-bond donors (Lipinski definition) is 2. The van der Waals surface area contributed by atoms with Crippen LogP contribution in [0, 0.1) is 5.41 Å². The molecule has 3 aromatic rings. The third-order valence-corrected chi connectivity index (χ3v) is 9.07. The Hall–Kier alpha value is -3.43. The number of amides is 1. The lowest BCUT2D eigenvalue weighted by Crippen LogP contribution is -2.51. The molecule has 0 aliphatic carbocycles. The molecular weight excluding hydrogens is 589 g/mol. The molecule has 40 heavy (non-hydrogen) atoms. The number of alkyl halides is 3. The summed E-state index contributed by atoms with van der Waals surface area (Å²) in [6.07, 6.45) is -2.27. The maximum Gasteiger partial charge on any atom is 0.491 e. The molecule has 1 fully saturated rings. The normalized spacial score (nSPS) is 15.5. The standard InChI is InChI=1S/C25H23F3N4O5S3/c1-38-23-15(10-18(40-23)20(29)30)21-31-16(12-39-21)13-5-4-6-14(9-13)36-11-19(33)32-8-3-2-7-17(32)22(34)37-24(35)25(26,27)28/h4-6,9-10,12,17H,2-3,7-8,11H2,1H3,(H3,29,30). The minimum absolute atomic E-state index is 0.00899. The van der Waals surface area contributed by atoms with E-state index in [1.165, 1.54) is 22.7 Å². The van der Waals surface area contributed by atoms with Gasteiger partial charge in [0, 0.05) is 23.1 Å². The van der Waals surface area contributed by atoms with Crippen molar-refractivity contribution < 1.29 is 37.0 Å². The second-order valence-corrected chi connectivity index (χ2v) is 11.6. The summed E-state index contributed by atoms with van der Waals surface area (Å²) in [6, 6.07) is 7.42. The van der Waals surface area contributed by atoms with Crippen LogP contribution in [0.5, 0.6) is 5.75 Å². The first kappa shape index (κ1) is 29.6. The number of amidine groups is 1. The van der Waals surface area contributed by atoms with E-state index in [2.05, 4.69) is 4.74 Å². The average molecular weight is 613 g/mol. The van der Waals surface area contributed by atoms with Crippen LogP contribution < -0.4 is 10.5 Å². The van der Waals surface area contributed by atoms with Crippen LogP contribution in [0.1, 0.15) is 24.1 Å². The number of nitrogens with zero attached hydrogens (tertiary/aromatic N) is 2. The number of thiophene rings is 1. The van der Waals surface area contributed by atoms with E-state index >= 15 is 0 Å². The molecule has 0 spiro atoms. The number of likely N-dealkylation sites (tertiary alicyclic amines) is 1. The Labute approximate surface area is 239 Å². The fourth-order valence-corrected chi connectivity index (χ4v) is 6.71. The van der Waals surface area contributed by atoms with Gasteiger partial charge in [-0.15, -0.1) is 34.4 Å². The molecule has 4 rings (SSSR count). The van der Waals surface area contributed by atoms with Gasteiger partial charge in [-0.25, -0.2) is 14.6 Å². The van der Waals surface area contributed by atoms with Crippen LogP contribution in [-0.2, 0) is 19.1 Å². The lowest BCUT2D eigenvalue weighted by molar-refractivity contribution is -0.204. The molecule has 1 atom stereocenters. The Morgan fingerprint density at radius 3 is 2.73 bits per heavy atom. The van der Waals surface area contributed by atoms with Crippen molar-refractivity contribution >= 4 is 58.1 Å². The van der Waals surface area contributed by atoms with Gasteiger partial charge in [-0.1, -0.05) is 12.1 Å². The Morgan fingerprint density at radius 2 is 2.02 bits per heavy atom. The number of thioether (sulfide) groups is 1. The second-order valence-electron chi connectivity index (χ2n) is 8.59. The lowest BCUT2D eigenvalue weighted by Gasteiger charge is -2.33. The molecule has 3 N–H and O–H groups in total. The topological polar surface area (TPSA) is 136 Å². The van der Waals surface area contributed by atoms with Crippen molar-refractivity contribution in [1.29, 1.82) is 5.41 Å². The Morgan fingerprint density at radius 1 is 1.25 bits per heavy atom. The van der Waals surface area contributed by atoms with Crippen LogP contribution in [0.2, 0.25) is 0 Å². The van der Waals surface area contributed by atoms with E-state index in [0.717, 1.165) is 25.2 Å². The van der Waals surface area contributed by atoms with E-state index in [4.69, 9.17) is 20.9 Å². The Bertz CT molecular complexity index is 1440. The van der Waals surface area contributed by atoms with E-state index < -0.39 is 36.7 Å². The minimum atomic E-state index is -5.32.